The zero-order chi connectivity index (χ0) is 22.1. The fourth-order valence-electron chi connectivity index (χ4n) is 6.67. The Bertz CT molecular complexity index is 719. The fraction of sp³-hybridized carbons (Fsp3) is 0.714. The van der Waals surface area contributed by atoms with Crippen LogP contribution in [0.1, 0.15) is 91.9 Å². The summed E-state index contributed by atoms with van der Waals surface area (Å²) in [6.07, 6.45) is 15.3. The van der Waals surface area contributed by atoms with Gasteiger partial charge in [0, 0.05) is 6.42 Å². The lowest BCUT2D eigenvalue weighted by Crippen LogP contribution is -2.36. The molecular formula is C28H44O2. The number of aliphatic hydroxyl groups is 2. The molecule has 0 radical (unpaired) electrons. The van der Waals surface area contributed by atoms with Crippen LogP contribution in [0.25, 0.3) is 0 Å². The van der Waals surface area contributed by atoms with Crippen molar-refractivity contribution in [2.24, 2.45) is 23.2 Å². The number of allylic oxidation sites excluding steroid dienone is 4. The van der Waals surface area contributed by atoms with Gasteiger partial charge in [-0.05, 0) is 98.7 Å². The summed E-state index contributed by atoms with van der Waals surface area (Å²) in [4.78, 5) is 0. The minimum atomic E-state index is -0.543. The minimum Gasteiger partial charge on any atom is -0.390 e. The largest absolute Gasteiger partial charge is 0.390 e. The third kappa shape index (κ3) is 5.19. The molecule has 2 heteroatoms. The van der Waals surface area contributed by atoms with Gasteiger partial charge in [0.15, 0.2) is 0 Å². The number of aliphatic hydroxyl groups excluding tert-OH is 1. The Morgan fingerprint density at radius 3 is 2.67 bits per heavy atom. The molecule has 0 aromatic carbocycles. The lowest BCUT2D eigenvalue weighted by atomic mass is 9.60. The summed E-state index contributed by atoms with van der Waals surface area (Å²) in [5, 5.41) is 20.2. The Hall–Kier alpha value is -1.12. The molecule has 0 saturated heterocycles. The highest BCUT2D eigenvalue weighted by Gasteiger charge is 2.50. The molecular weight excluding hydrogens is 368 g/mol. The maximum Gasteiger partial charge on any atom is 0.0791 e. The molecule has 168 valence electrons. The van der Waals surface area contributed by atoms with E-state index in [9.17, 15) is 10.2 Å². The van der Waals surface area contributed by atoms with E-state index in [2.05, 4.69) is 39.2 Å². The molecule has 3 rings (SSSR count). The van der Waals surface area contributed by atoms with Crippen molar-refractivity contribution >= 4 is 0 Å². The van der Waals surface area contributed by atoms with E-state index in [0.29, 0.717) is 17.8 Å². The van der Waals surface area contributed by atoms with Crippen molar-refractivity contribution in [2.45, 2.75) is 104 Å². The summed E-state index contributed by atoms with van der Waals surface area (Å²) < 4.78 is 0. The molecule has 0 spiro atoms. The molecule has 0 bridgehead atoms. The standard InChI is InChI=1S/C28H44O2/c1-19(9-7-15-27(4,5)30)24-13-14-25-22(10-8-16-28(24,25)6)11-12-23-18-26(29)21(3)17-20(23)2/h11-12,19,24-26,29-30H,2-3,7-10,13-18H2,1,4-6H3/t19-,24-,25+,26-,28-/m1/s1. The van der Waals surface area contributed by atoms with E-state index in [1.165, 1.54) is 44.1 Å². The molecule has 0 aromatic rings. The van der Waals surface area contributed by atoms with Gasteiger partial charge in [0.1, 0.15) is 0 Å². The predicted octanol–water partition coefficient (Wildman–Crippen LogP) is 6.90. The van der Waals surface area contributed by atoms with Crippen molar-refractivity contribution < 1.29 is 10.2 Å². The van der Waals surface area contributed by atoms with Crippen molar-refractivity contribution in [3.8, 4) is 0 Å². The van der Waals surface area contributed by atoms with Gasteiger partial charge in [0.25, 0.3) is 0 Å². The lowest BCUT2D eigenvalue weighted by Gasteiger charge is -2.44. The minimum absolute atomic E-state index is 0.411. The molecule has 5 atom stereocenters. The van der Waals surface area contributed by atoms with Crippen LogP contribution < -0.4 is 0 Å². The van der Waals surface area contributed by atoms with Crippen LogP contribution in [0.5, 0.6) is 0 Å². The lowest BCUT2D eigenvalue weighted by molar-refractivity contribution is 0.0596. The first-order chi connectivity index (χ1) is 14.0. The normalized spacial score (nSPS) is 36.4. The summed E-state index contributed by atoms with van der Waals surface area (Å²) in [5.41, 5.74) is 4.70. The summed E-state index contributed by atoms with van der Waals surface area (Å²) >= 11 is 0. The van der Waals surface area contributed by atoms with Gasteiger partial charge in [-0.3, -0.25) is 0 Å². The van der Waals surface area contributed by atoms with Crippen LogP contribution in [0.2, 0.25) is 0 Å². The summed E-state index contributed by atoms with van der Waals surface area (Å²) in [5.74, 6) is 2.20. The van der Waals surface area contributed by atoms with Crippen LogP contribution in [-0.4, -0.2) is 21.9 Å². The van der Waals surface area contributed by atoms with E-state index in [-0.39, 0.29) is 0 Å². The third-order valence-electron chi connectivity index (χ3n) is 8.45. The predicted molar refractivity (Wildman–Crippen MR) is 127 cm³/mol. The van der Waals surface area contributed by atoms with E-state index >= 15 is 0 Å². The fourth-order valence-corrected chi connectivity index (χ4v) is 6.67. The van der Waals surface area contributed by atoms with E-state index in [1.54, 1.807) is 5.57 Å². The number of hydrogen-bond donors (Lipinski definition) is 2. The van der Waals surface area contributed by atoms with Gasteiger partial charge in [-0.15, -0.1) is 0 Å². The second kappa shape index (κ2) is 9.17. The van der Waals surface area contributed by atoms with E-state index in [4.69, 9.17) is 0 Å². The Morgan fingerprint density at radius 1 is 1.23 bits per heavy atom. The number of hydrogen-bond acceptors (Lipinski definition) is 2. The van der Waals surface area contributed by atoms with Gasteiger partial charge in [-0.25, -0.2) is 0 Å². The zero-order valence-electron chi connectivity index (χ0n) is 19.8. The Morgan fingerprint density at radius 2 is 1.97 bits per heavy atom. The molecule has 0 aliphatic heterocycles. The Balaban J connectivity index is 1.69. The first kappa shape index (κ1) is 23.5. The van der Waals surface area contributed by atoms with Gasteiger partial charge in [-0.1, -0.05) is 57.6 Å². The van der Waals surface area contributed by atoms with Crippen LogP contribution >= 0.6 is 0 Å². The summed E-state index contributed by atoms with van der Waals surface area (Å²) in [7, 11) is 0. The maximum absolute atomic E-state index is 10.2. The number of fused-ring (bicyclic) bond motifs is 1. The monoisotopic (exact) mass is 412 g/mol. The highest BCUT2D eigenvalue weighted by Crippen LogP contribution is 2.60. The molecule has 3 aliphatic rings. The Kier molecular flexibility index (Phi) is 7.19. The van der Waals surface area contributed by atoms with Gasteiger partial charge in [0.2, 0.25) is 0 Å². The maximum atomic E-state index is 10.2. The van der Waals surface area contributed by atoms with Gasteiger partial charge in [0.05, 0.1) is 11.7 Å². The van der Waals surface area contributed by atoms with Gasteiger partial charge < -0.3 is 10.2 Å². The molecule has 0 aromatic heterocycles. The average molecular weight is 413 g/mol. The zero-order valence-corrected chi connectivity index (χ0v) is 19.8. The smallest absolute Gasteiger partial charge is 0.0791 e. The van der Waals surface area contributed by atoms with Crippen LogP contribution in [0.15, 0.2) is 47.6 Å². The van der Waals surface area contributed by atoms with Crippen molar-refractivity contribution in [3.05, 3.63) is 47.6 Å². The van der Waals surface area contributed by atoms with Crippen LogP contribution in [0, 0.1) is 23.2 Å². The van der Waals surface area contributed by atoms with E-state index in [1.807, 2.05) is 13.8 Å². The highest BCUT2D eigenvalue weighted by atomic mass is 16.3. The molecule has 3 aliphatic carbocycles. The van der Waals surface area contributed by atoms with Crippen molar-refractivity contribution in [3.63, 3.8) is 0 Å². The van der Waals surface area contributed by atoms with Crippen LogP contribution in [0.3, 0.4) is 0 Å². The van der Waals surface area contributed by atoms with Crippen molar-refractivity contribution in [1.82, 2.24) is 0 Å². The summed E-state index contributed by atoms with van der Waals surface area (Å²) in [6, 6.07) is 0. The van der Waals surface area contributed by atoms with E-state index in [0.717, 1.165) is 42.2 Å². The van der Waals surface area contributed by atoms with Crippen molar-refractivity contribution in [2.75, 3.05) is 0 Å². The SMILES string of the molecule is C=C1CC(=C)[C@H](O)CC1=CC=C1CCC[C@]2(C)[C@@H]([C@H](C)CCCC(C)(C)O)CC[C@@H]12. The van der Waals surface area contributed by atoms with Crippen molar-refractivity contribution in [1.29, 1.82) is 0 Å². The third-order valence-corrected chi connectivity index (χ3v) is 8.45. The molecule has 2 nitrogen and oxygen atoms in total. The van der Waals surface area contributed by atoms with Crippen LogP contribution in [0.4, 0.5) is 0 Å². The topological polar surface area (TPSA) is 40.5 Å². The molecule has 30 heavy (non-hydrogen) atoms. The van der Waals surface area contributed by atoms with E-state index < -0.39 is 11.7 Å². The first-order valence-electron chi connectivity index (χ1n) is 12.2. The second-order valence-electron chi connectivity index (χ2n) is 11.4. The molecule has 0 amide bonds. The molecule has 3 fully saturated rings. The average Bonchev–Trinajstić information content (AvgIpc) is 3.00. The quantitative estimate of drug-likeness (QED) is 0.466. The van der Waals surface area contributed by atoms with Gasteiger partial charge in [-0.2, -0.15) is 0 Å². The van der Waals surface area contributed by atoms with Gasteiger partial charge >= 0.3 is 0 Å². The second-order valence-corrected chi connectivity index (χ2v) is 11.4. The number of rotatable bonds is 6. The highest BCUT2D eigenvalue weighted by molar-refractivity contribution is 5.41. The molecule has 0 heterocycles. The molecule has 0 unspecified atom stereocenters. The summed E-state index contributed by atoms with van der Waals surface area (Å²) in [6.45, 7) is 17.0. The molecule has 2 N–H and O–H groups in total. The van der Waals surface area contributed by atoms with Crippen LogP contribution in [-0.2, 0) is 0 Å². The Labute approximate surface area is 184 Å². The first-order valence-corrected chi connectivity index (χ1v) is 12.2. The molecule has 3 saturated carbocycles.